The highest BCUT2D eigenvalue weighted by Crippen LogP contribution is 2.37. The van der Waals surface area contributed by atoms with Gasteiger partial charge in [0.25, 0.3) is 0 Å². The summed E-state index contributed by atoms with van der Waals surface area (Å²) in [7, 11) is 0. The highest BCUT2D eigenvalue weighted by Gasteiger charge is 2.28. The zero-order valence-corrected chi connectivity index (χ0v) is 12.9. The van der Waals surface area contributed by atoms with Gasteiger partial charge >= 0.3 is 0 Å². The molecule has 1 aliphatic carbocycles. The standard InChI is InChI=1S/C16H22ClNS/c17-9-10-18(14-6-2-3-7-14)12-15-11-13-5-1-4-8-16(13)19-15/h1,4-5,8,14-15H,2-3,6-7,9-12H2. The fraction of sp³-hybridized carbons (Fsp3) is 0.625. The summed E-state index contributed by atoms with van der Waals surface area (Å²) >= 11 is 8.07. The number of fused-ring (bicyclic) bond motifs is 1. The van der Waals surface area contributed by atoms with Crippen molar-refractivity contribution in [1.29, 1.82) is 0 Å². The SMILES string of the molecule is ClCCN(CC1Cc2ccccc2S1)C1CCCC1. The van der Waals surface area contributed by atoms with Crippen LogP contribution in [-0.4, -0.2) is 35.2 Å². The van der Waals surface area contributed by atoms with Gasteiger partial charge in [-0.2, -0.15) is 0 Å². The fourth-order valence-corrected chi connectivity index (χ4v) is 4.98. The van der Waals surface area contributed by atoms with Gasteiger partial charge in [-0.05, 0) is 30.9 Å². The molecular weight excluding hydrogens is 274 g/mol. The first kappa shape index (κ1) is 13.8. The summed E-state index contributed by atoms with van der Waals surface area (Å²) in [5, 5.41) is 0.723. The third-order valence-electron chi connectivity index (χ3n) is 4.36. The minimum Gasteiger partial charge on any atom is -0.298 e. The number of thioether (sulfide) groups is 1. The van der Waals surface area contributed by atoms with Crippen molar-refractivity contribution in [2.75, 3.05) is 19.0 Å². The van der Waals surface area contributed by atoms with E-state index >= 15 is 0 Å². The van der Waals surface area contributed by atoms with Crippen molar-refractivity contribution in [3.05, 3.63) is 29.8 Å². The van der Waals surface area contributed by atoms with Crippen LogP contribution < -0.4 is 0 Å². The monoisotopic (exact) mass is 295 g/mol. The molecule has 0 spiro atoms. The van der Waals surface area contributed by atoms with Gasteiger partial charge in [0.1, 0.15) is 0 Å². The van der Waals surface area contributed by atoms with E-state index in [9.17, 15) is 0 Å². The number of rotatable bonds is 5. The topological polar surface area (TPSA) is 3.24 Å². The van der Waals surface area contributed by atoms with E-state index < -0.39 is 0 Å². The van der Waals surface area contributed by atoms with E-state index in [1.54, 1.807) is 0 Å². The lowest BCUT2D eigenvalue weighted by Crippen LogP contribution is -2.39. The van der Waals surface area contributed by atoms with E-state index in [2.05, 4.69) is 40.9 Å². The number of hydrogen-bond acceptors (Lipinski definition) is 2. The Labute approximate surface area is 125 Å². The molecular formula is C16H22ClNS. The fourth-order valence-electron chi connectivity index (χ4n) is 3.42. The number of benzene rings is 1. The Hall–Kier alpha value is -0.180. The van der Waals surface area contributed by atoms with E-state index in [1.807, 2.05) is 0 Å². The van der Waals surface area contributed by atoms with Crippen LogP contribution in [0.5, 0.6) is 0 Å². The molecule has 3 rings (SSSR count). The third-order valence-corrected chi connectivity index (χ3v) is 5.84. The molecule has 19 heavy (non-hydrogen) atoms. The van der Waals surface area contributed by atoms with E-state index in [0.717, 1.165) is 23.7 Å². The second-order valence-corrected chi connectivity index (χ2v) is 7.39. The maximum atomic E-state index is 6.00. The van der Waals surface area contributed by atoms with Crippen LogP contribution in [0, 0.1) is 0 Å². The average molecular weight is 296 g/mol. The molecule has 1 aromatic carbocycles. The molecule has 1 nitrogen and oxygen atoms in total. The molecule has 1 aliphatic heterocycles. The van der Waals surface area contributed by atoms with E-state index in [0.29, 0.717) is 0 Å². The van der Waals surface area contributed by atoms with Crippen LogP contribution >= 0.6 is 23.4 Å². The van der Waals surface area contributed by atoms with Crippen molar-refractivity contribution in [3.8, 4) is 0 Å². The van der Waals surface area contributed by atoms with Crippen LogP contribution in [0.15, 0.2) is 29.2 Å². The normalized spacial score (nSPS) is 23.2. The van der Waals surface area contributed by atoms with Gasteiger partial charge in [0.2, 0.25) is 0 Å². The number of alkyl halides is 1. The summed E-state index contributed by atoms with van der Waals surface area (Å²) in [5.41, 5.74) is 1.54. The van der Waals surface area contributed by atoms with Gasteiger partial charge in [0.05, 0.1) is 0 Å². The Morgan fingerprint density at radius 3 is 2.74 bits per heavy atom. The number of halogens is 1. The van der Waals surface area contributed by atoms with Crippen LogP contribution in [0.2, 0.25) is 0 Å². The Morgan fingerprint density at radius 1 is 1.21 bits per heavy atom. The summed E-state index contributed by atoms with van der Waals surface area (Å²) in [6.45, 7) is 2.26. The Bertz CT molecular complexity index is 392. The first-order valence-corrected chi connectivity index (χ1v) is 8.83. The van der Waals surface area contributed by atoms with Gasteiger partial charge in [0.15, 0.2) is 0 Å². The molecule has 3 heteroatoms. The number of nitrogens with zero attached hydrogens (tertiary/aromatic N) is 1. The largest absolute Gasteiger partial charge is 0.298 e. The predicted octanol–water partition coefficient (Wildman–Crippen LogP) is 4.19. The van der Waals surface area contributed by atoms with Crippen molar-refractivity contribution in [3.63, 3.8) is 0 Å². The van der Waals surface area contributed by atoms with Crippen molar-refractivity contribution in [1.82, 2.24) is 4.90 Å². The minimum absolute atomic E-state index is 0.723. The minimum atomic E-state index is 0.723. The molecule has 0 bridgehead atoms. The molecule has 1 atom stereocenters. The molecule has 0 saturated heterocycles. The number of hydrogen-bond donors (Lipinski definition) is 0. The Morgan fingerprint density at radius 2 is 2.00 bits per heavy atom. The van der Waals surface area contributed by atoms with Crippen LogP contribution in [0.3, 0.4) is 0 Å². The molecule has 1 saturated carbocycles. The van der Waals surface area contributed by atoms with Gasteiger partial charge in [-0.3, -0.25) is 4.90 Å². The quantitative estimate of drug-likeness (QED) is 0.750. The molecule has 0 amide bonds. The Kier molecular flexibility index (Phi) is 4.73. The lowest BCUT2D eigenvalue weighted by molar-refractivity contribution is 0.211. The van der Waals surface area contributed by atoms with Crippen molar-refractivity contribution < 1.29 is 0 Å². The van der Waals surface area contributed by atoms with E-state index in [4.69, 9.17) is 11.6 Å². The summed E-state index contributed by atoms with van der Waals surface area (Å²) in [5.74, 6) is 0.765. The second kappa shape index (κ2) is 6.51. The first-order chi connectivity index (χ1) is 9.36. The van der Waals surface area contributed by atoms with Crippen molar-refractivity contribution in [2.45, 2.75) is 48.3 Å². The highest BCUT2D eigenvalue weighted by molar-refractivity contribution is 8.00. The molecule has 104 valence electrons. The maximum absolute atomic E-state index is 6.00. The molecule has 1 unspecified atom stereocenters. The Balaban J connectivity index is 1.61. The van der Waals surface area contributed by atoms with Crippen LogP contribution in [0.4, 0.5) is 0 Å². The third kappa shape index (κ3) is 3.29. The van der Waals surface area contributed by atoms with Gasteiger partial charge < -0.3 is 0 Å². The molecule has 0 radical (unpaired) electrons. The van der Waals surface area contributed by atoms with E-state index in [1.165, 1.54) is 49.1 Å². The first-order valence-electron chi connectivity index (χ1n) is 7.41. The lowest BCUT2D eigenvalue weighted by Gasteiger charge is -2.30. The zero-order chi connectivity index (χ0) is 13.1. The zero-order valence-electron chi connectivity index (χ0n) is 11.4. The second-order valence-electron chi connectivity index (χ2n) is 5.67. The average Bonchev–Trinajstić information content (AvgIpc) is 3.07. The summed E-state index contributed by atoms with van der Waals surface area (Å²) in [6.07, 6.45) is 6.79. The van der Waals surface area contributed by atoms with Gasteiger partial charge in [0, 0.05) is 35.2 Å². The molecule has 1 fully saturated rings. The molecule has 0 aromatic heterocycles. The predicted molar refractivity (Wildman–Crippen MR) is 84.3 cm³/mol. The van der Waals surface area contributed by atoms with Gasteiger partial charge in [-0.25, -0.2) is 0 Å². The van der Waals surface area contributed by atoms with Gasteiger partial charge in [-0.15, -0.1) is 23.4 Å². The molecule has 1 heterocycles. The lowest BCUT2D eigenvalue weighted by atomic mass is 10.1. The molecule has 2 aliphatic rings. The van der Waals surface area contributed by atoms with Crippen LogP contribution in [0.25, 0.3) is 0 Å². The summed E-state index contributed by atoms with van der Waals surface area (Å²) in [6, 6.07) is 9.66. The van der Waals surface area contributed by atoms with Gasteiger partial charge in [-0.1, -0.05) is 31.0 Å². The van der Waals surface area contributed by atoms with Crippen molar-refractivity contribution >= 4 is 23.4 Å². The maximum Gasteiger partial charge on any atom is 0.0351 e. The smallest absolute Gasteiger partial charge is 0.0351 e. The van der Waals surface area contributed by atoms with Crippen molar-refractivity contribution in [2.24, 2.45) is 0 Å². The summed E-state index contributed by atoms with van der Waals surface area (Å²) in [4.78, 5) is 4.15. The van der Waals surface area contributed by atoms with Crippen LogP contribution in [0.1, 0.15) is 31.2 Å². The highest BCUT2D eigenvalue weighted by atomic mass is 35.5. The van der Waals surface area contributed by atoms with E-state index in [-0.39, 0.29) is 0 Å². The molecule has 0 N–H and O–H groups in total. The summed E-state index contributed by atoms with van der Waals surface area (Å²) < 4.78 is 0. The van der Waals surface area contributed by atoms with Crippen LogP contribution in [-0.2, 0) is 6.42 Å². The molecule has 1 aromatic rings.